The molecule has 0 radical (unpaired) electrons. The summed E-state index contributed by atoms with van der Waals surface area (Å²) in [6.07, 6.45) is 8.17. The van der Waals surface area contributed by atoms with Gasteiger partial charge in [-0.1, -0.05) is 23.7 Å². The minimum atomic E-state index is -0.821. The SMILES string of the molecule is CSCCC(NC(=O)c1ccccc1Cl)C(=O)OC(C)C(=O)C12CC3CC(CC(C3)C1)C2. The van der Waals surface area contributed by atoms with Crippen LogP contribution >= 0.6 is 23.4 Å². The van der Waals surface area contributed by atoms with Crippen LogP contribution in [-0.2, 0) is 14.3 Å². The van der Waals surface area contributed by atoms with Gasteiger partial charge in [-0.05, 0) is 93.8 Å². The zero-order valence-corrected chi connectivity index (χ0v) is 20.3. The first-order valence-corrected chi connectivity index (χ1v) is 13.4. The van der Waals surface area contributed by atoms with E-state index in [2.05, 4.69) is 5.32 Å². The number of amides is 1. The number of carbonyl (C=O) groups is 3. The summed E-state index contributed by atoms with van der Waals surface area (Å²) >= 11 is 7.72. The second-order valence-electron chi connectivity index (χ2n) is 9.93. The number of ketones is 1. The molecule has 4 saturated carbocycles. The summed E-state index contributed by atoms with van der Waals surface area (Å²) < 4.78 is 5.68. The molecule has 4 aliphatic rings. The van der Waals surface area contributed by atoms with Crippen molar-refractivity contribution in [1.82, 2.24) is 5.32 Å². The van der Waals surface area contributed by atoms with E-state index in [9.17, 15) is 14.4 Å². The van der Waals surface area contributed by atoms with Gasteiger partial charge in [0.05, 0.1) is 10.6 Å². The van der Waals surface area contributed by atoms with Crippen LogP contribution in [0.4, 0.5) is 0 Å². The number of hydrogen-bond donors (Lipinski definition) is 1. The van der Waals surface area contributed by atoms with Gasteiger partial charge in [-0.25, -0.2) is 4.79 Å². The highest BCUT2D eigenvalue weighted by Gasteiger charge is 2.55. The Balaban J connectivity index is 1.42. The summed E-state index contributed by atoms with van der Waals surface area (Å²) in [6.45, 7) is 1.69. The van der Waals surface area contributed by atoms with Crippen molar-refractivity contribution in [3.63, 3.8) is 0 Å². The van der Waals surface area contributed by atoms with E-state index in [1.54, 1.807) is 43.0 Å². The van der Waals surface area contributed by atoms with Gasteiger partial charge in [0.25, 0.3) is 5.91 Å². The van der Waals surface area contributed by atoms with E-state index in [0.29, 0.717) is 40.5 Å². The molecule has 5 nitrogen and oxygen atoms in total. The highest BCUT2D eigenvalue weighted by molar-refractivity contribution is 7.98. The van der Waals surface area contributed by atoms with E-state index < -0.39 is 24.0 Å². The Morgan fingerprint density at radius 3 is 2.28 bits per heavy atom. The zero-order chi connectivity index (χ0) is 22.9. The number of halogens is 1. The van der Waals surface area contributed by atoms with Gasteiger partial charge in [0.2, 0.25) is 0 Å². The average Bonchev–Trinajstić information content (AvgIpc) is 2.75. The Kier molecular flexibility index (Phi) is 7.21. The van der Waals surface area contributed by atoms with Gasteiger partial charge in [0.15, 0.2) is 11.9 Å². The first-order chi connectivity index (χ1) is 15.3. The molecule has 5 rings (SSSR count). The van der Waals surface area contributed by atoms with Crippen molar-refractivity contribution >= 4 is 41.0 Å². The van der Waals surface area contributed by atoms with Crippen LogP contribution in [0.2, 0.25) is 5.02 Å². The van der Waals surface area contributed by atoms with Gasteiger partial charge >= 0.3 is 5.97 Å². The molecule has 1 aromatic carbocycles. The van der Waals surface area contributed by atoms with E-state index in [-0.39, 0.29) is 11.2 Å². The number of nitrogens with one attached hydrogen (secondary N) is 1. The molecule has 1 amide bonds. The molecule has 1 N–H and O–H groups in total. The maximum atomic E-state index is 13.5. The standard InChI is InChI=1S/C25H32ClNO4S/c1-15(22(28)25-12-16-9-17(13-25)11-18(10-16)14-25)31-24(30)21(7-8-32-2)27-23(29)19-5-3-4-6-20(19)26/h3-6,15-18,21H,7-14H2,1-2H3,(H,27,29). The lowest BCUT2D eigenvalue weighted by Crippen LogP contribution is -2.53. The minimum absolute atomic E-state index is 0.0750. The van der Waals surface area contributed by atoms with Crippen LogP contribution in [0.15, 0.2) is 24.3 Å². The van der Waals surface area contributed by atoms with Crippen molar-refractivity contribution in [1.29, 1.82) is 0 Å². The normalized spacial score (nSPS) is 29.9. The smallest absolute Gasteiger partial charge is 0.329 e. The highest BCUT2D eigenvalue weighted by Crippen LogP contribution is 2.60. The summed E-state index contributed by atoms with van der Waals surface area (Å²) in [6, 6.07) is 5.91. The number of rotatable bonds is 9. The van der Waals surface area contributed by atoms with Gasteiger partial charge in [-0.2, -0.15) is 11.8 Å². The summed E-state index contributed by atoms with van der Waals surface area (Å²) in [4.78, 5) is 39.2. The van der Waals surface area contributed by atoms with E-state index in [0.717, 1.165) is 19.3 Å². The fourth-order valence-corrected chi connectivity index (χ4v) is 7.21. The van der Waals surface area contributed by atoms with E-state index in [4.69, 9.17) is 16.3 Å². The second-order valence-corrected chi connectivity index (χ2v) is 11.3. The third kappa shape index (κ3) is 4.86. The molecule has 174 valence electrons. The number of carbonyl (C=O) groups excluding carboxylic acids is 3. The Morgan fingerprint density at radius 2 is 1.72 bits per heavy atom. The van der Waals surface area contributed by atoms with Crippen molar-refractivity contribution in [2.75, 3.05) is 12.0 Å². The van der Waals surface area contributed by atoms with Crippen molar-refractivity contribution in [3.8, 4) is 0 Å². The Bertz CT molecular complexity index is 853. The summed E-state index contributed by atoms with van der Waals surface area (Å²) in [5, 5.41) is 3.09. The molecule has 0 aliphatic heterocycles. The molecule has 2 atom stereocenters. The number of esters is 1. The van der Waals surface area contributed by atoms with E-state index >= 15 is 0 Å². The van der Waals surface area contributed by atoms with Crippen LogP contribution < -0.4 is 5.32 Å². The average molecular weight is 478 g/mol. The molecular formula is C25H32ClNO4S. The summed E-state index contributed by atoms with van der Waals surface area (Å²) in [5.41, 5.74) is -0.00174. The fraction of sp³-hybridized carbons (Fsp3) is 0.640. The molecular weight excluding hydrogens is 446 g/mol. The predicted octanol–water partition coefficient (Wildman–Crippen LogP) is 4.91. The molecule has 4 bridgehead atoms. The molecule has 0 spiro atoms. The number of hydrogen-bond acceptors (Lipinski definition) is 5. The lowest BCUT2D eigenvalue weighted by Gasteiger charge is -2.56. The first-order valence-electron chi connectivity index (χ1n) is 11.6. The lowest BCUT2D eigenvalue weighted by atomic mass is 9.48. The molecule has 0 aromatic heterocycles. The van der Waals surface area contributed by atoms with Crippen LogP contribution in [-0.4, -0.2) is 41.8 Å². The van der Waals surface area contributed by atoms with Crippen molar-refractivity contribution in [2.24, 2.45) is 23.2 Å². The highest BCUT2D eigenvalue weighted by atomic mass is 35.5. The third-order valence-electron chi connectivity index (χ3n) is 7.54. The number of thioether (sulfide) groups is 1. The predicted molar refractivity (Wildman–Crippen MR) is 127 cm³/mol. The molecule has 7 heteroatoms. The largest absolute Gasteiger partial charge is 0.453 e. The minimum Gasteiger partial charge on any atom is -0.453 e. The molecule has 32 heavy (non-hydrogen) atoms. The molecule has 2 unspecified atom stereocenters. The third-order valence-corrected chi connectivity index (χ3v) is 8.52. The maximum Gasteiger partial charge on any atom is 0.329 e. The van der Waals surface area contributed by atoms with Gasteiger partial charge in [-0.3, -0.25) is 9.59 Å². The van der Waals surface area contributed by atoms with Crippen LogP contribution in [0.25, 0.3) is 0 Å². The number of ether oxygens (including phenoxy) is 1. The zero-order valence-electron chi connectivity index (χ0n) is 18.8. The summed E-state index contributed by atoms with van der Waals surface area (Å²) in [5.74, 6) is 1.74. The molecule has 4 fully saturated rings. The molecule has 1 aromatic rings. The quantitative estimate of drug-likeness (QED) is 0.511. The summed E-state index contributed by atoms with van der Waals surface area (Å²) in [7, 11) is 0. The van der Waals surface area contributed by atoms with Crippen molar-refractivity contribution in [2.45, 2.75) is 64.0 Å². The Morgan fingerprint density at radius 1 is 1.12 bits per heavy atom. The van der Waals surface area contributed by atoms with Crippen LogP contribution in [0.3, 0.4) is 0 Å². The van der Waals surface area contributed by atoms with Crippen LogP contribution in [0, 0.1) is 23.2 Å². The first kappa shape index (κ1) is 23.6. The Labute approximate surface area is 199 Å². The molecule has 4 aliphatic carbocycles. The monoisotopic (exact) mass is 477 g/mol. The van der Waals surface area contributed by atoms with Gasteiger partial charge in [0.1, 0.15) is 6.04 Å². The van der Waals surface area contributed by atoms with Gasteiger partial charge < -0.3 is 10.1 Å². The van der Waals surface area contributed by atoms with E-state index in [1.165, 1.54) is 19.3 Å². The van der Waals surface area contributed by atoms with Crippen LogP contribution in [0.5, 0.6) is 0 Å². The molecule has 0 heterocycles. The molecule has 0 saturated heterocycles. The lowest BCUT2D eigenvalue weighted by molar-refractivity contribution is -0.166. The topological polar surface area (TPSA) is 72.5 Å². The fourth-order valence-electron chi connectivity index (χ4n) is 6.52. The Hall–Kier alpha value is -1.53. The van der Waals surface area contributed by atoms with Gasteiger partial charge in [0, 0.05) is 5.41 Å². The maximum absolute atomic E-state index is 13.5. The number of Topliss-reactive ketones (excluding diaryl/α,β-unsaturated/α-hetero) is 1. The number of benzene rings is 1. The second kappa shape index (κ2) is 9.76. The van der Waals surface area contributed by atoms with Gasteiger partial charge in [-0.15, -0.1) is 0 Å². The van der Waals surface area contributed by atoms with E-state index in [1.807, 2.05) is 6.26 Å². The van der Waals surface area contributed by atoms with Crippen molar-refractivity contribution in [3.05, 3.63) is 34.9 Å². The van der Waals surface area contributed by atoms with Crippen LogP contribution in [0.1, 0.15) is 62.2 Å². The van der Waals surface area contributed by atoms with Crippen molar-refractivity contribution < 1.29 is 19.1 Å².